The lowest BCUT2D eigenvalue weighted by molar-refractivity contribution is 0.257. The maximum atomic E-state index is 12.4. The molecular weight excluding hydrogens is 266 g/mol. The number of pyridine rings is 2. The predicted molar refractivity (Wildman–Crippen MR) is 79.3 cm³/mol. The molecule has 0 spiro atoms. The van der Waals surface area contributed by atoms with Gasteiger partial charge < -0.3 is 15.0 Å². The van der Waals surface area contributed by atoms with Crippen molar-refractivity contribution in [3.63, 3.8) is 0 Å². The minimum absolute atomic E-state index is 0.0439. The smallest absolute Gasteiger partial charge is 0.251 e. The summed E-state index contributed by atoms with van der Waals surface area (Å²) < 4.78 is 1.92. The molecule has 2 aromatic heterocycles. The largest absolute Gasteiger partial charge is 0.506 e. The molecule has 0 unspecified atom stereocenters. The molecule has 2 aliphatic heterocycles. The molecular formula is C16H17N3O2. The second-order valence-corrected chi connectivity index (χ2v) is 6.01. The van der Waals surface area contributed by atoms with Crippen molar-refractivity contribution in [2.45, 2.75) is 18.9 Å². The molecule has 2 aromatic rings. The lowest BCUT2D eigenvalue weighted by Gasteiger charge is -2.37. The molecule has 4 rings (SSSR count). The molecule has 2 bridgehead atoms. The van der Waals surface area contributed by atoms with Crippen LogP contribution < -0.4 is 10.9 Å². The highest BCUT2D eigenvalue weighted by Gasteiger charge is 2.31. The number of nitrogens with one attached hydrogen (secondary N) is 1. The Morgan fingerprint density at radius 2 is 2.10 bits per heavy atom. The van der Waals surface area contributed by atoms with Gasteiger partial charge in [0, 0.05) is 42.5 Å². The van der Waals surface area contributed by atoms with Crippen LogP contribution >= 0.6 is 0 Å². The van der Waals surface area contributed by atoms with Gasteiger partial charge in [-0.2, -0.15) is 0 Å². The van der Waals surface area contributed by atoms with E-state index < -0.39 is 0 Å². The van der Waals surface area contributed by atoms with Crippen LogP contribution in [0.2, 0.25) is 0 Å². The Morgan fingerprint density at radius 3 is 2.95 bits per heavy atom. The van der Waals surface area contributed by atoms with Crippen molar-refractivity contribution >= 4 is 0 Å². The van der Waals surface area contributed by atoms with Crippen LogP contribution in [0.1, 0.15) is 18.0 Å². The first-order valence-electron chi connectivity index (χ1n) is 7.30. The summed E-state index contributed by atoms with van der Waals surface area (Å²) in [5.74, 6) is 1.07. The van der Waals surface area contributed by atoms with Crippen LogP contribution in [0.4, 0.5) is 0 Å². The summed E-state index contributed by atoms with van der Waals surface area (Å²) in [6, 6.07) is 5.36. The lowest BCUT2D eigenvalue weighted by Crippen LogP contribution is -2.44. The second kappa shape index (κ2) is 4.70. The third-order valence-electron chi connectivity index (χ3n) is 4.52. The fourth-order valence-electron chi connectivity index (χ4n) is 3.56. The zero-order valence-electron chi connectivity index (χ0n) is 11.6. The molecule has 5 heteroatoms. The van der Waals surface area contributed by atoms with E-state index in [1.165, 1.54) is 6.20 Å². The number of hydrogen-bond donors (Lipinski definition) is 2. The molecule has 108 valence electrons. The minimum Gasteiger partial charge on any atom is -0.506 e. The average molecular weight is 283 g/mol. The highest BCUT2D eigenvalue weighted by molar-refractivity contribution is 5.64. The second-order valence-electron chi connectivity index (χ2n) is 6.01. The molecule has 0 amide bonds. The Balaban J connectivity index is 1.85. The zero-order chi connectivity index (χ0) is 14.4. The van der Waals surface area contributed by atoms with Crippen LogP contribution in [0.5, 0.6) is 5.75 Å². The van der Waals surface area contributed by atoms with E-state index in [0.29, 0.717) is 11.8 Å². The molecule has 4 heterocycles. The summed E-state index contributed by atoms with van der Waals surface area (Å²) in [7, 11) is 0. The average Bonchev–Trinajstić information content (AvgIpc) is 2.48. The Morgan fingerprint density at radius 1 is 1.19 bits per heavy atom. The fourth-order valence-corrected chi connectivity index (χ4v) is 3.56. The summed E-state index contributed by atoms with van der Waals surface area (Å²) in [5.41, 5.74) is 2.76. The monoisotopic (exact) mass is 283 g/mol. The van der Waals surface area contributed by atoms with Gasteiger partial charge in [-0.05, 0) is 36.6 Å². The van der Waals surface area contributed by atoms with E-state index in [-0.39, 0.29) is 11.3 Å². The number of nitrogens with zero attached hydrogens (tertiary/aromatic N) is 2. The number of rotatable bonds is 1. The van der Waals surface area contributed by atoms with Crippen LogP contribution in [0, 0.1) is 5.92 Å². The number of hydrogen-bond acceptors (Lipinski definition) is 4. The van der Waals surface area contributed by atoms with E-state index in [4.69, 9.17) is 0 Å². The number of fused-ring (bicyclic) bond motifs is 4. The first kappa shape index (κ1) is 12.6. The quantitative estimate of drug-likeness (QED) is 0.828. The third kappa shape index (κ3) is 2.14. The van der Waals surface area contributed by atoms with Crippen LogP contribution in [0.25, 0.3) is 11.1 Å². The Kier molecular flexibility index (Phi) is 2.82. The summed E-state index contributed by atoms with van der Waals surface area (Å²) >= 11 is 0. The van der Waals surface area contributed by atoms with E-state index in [9.17, 15) is 9.90 Å². The van der Waals surface area contributed by atoms with Crippen molar-refractivity contribution in [1.82, 2.24) is 14.9 Å². The third-order valence-corrected chi connectivity index (χ3v) is 4.52. The first-order valence-corrected chi connectivity index (χ1v) is 7.30. The summed E-state index contributed by atoms with van der Waals surface area (Å²) in [6.07, 6.45) is 4.22. The van der Waals surface area contributed by atoms with E-state index in [2.05, 4.69) is 16.4 Å². The topological polar surface area (TPSA) is 67.1 Å². The van der Waals surface area contributed by atoms with E-state index >= 15 is 0 Å². The van der Waals surface area contributed by atoms with Gasteiger partial charge in [0.1, 0.15) is 5.75 Å². The first-order chi connectivity index (χ1) is 10.2. The highest BCUT2D eigenvalue weighted by atomic mass is 16.3. The normalized spacial score (nSPS) is 23.6. The van der Waals surface area contributed by atoms with Crippen molar-refractivity contribution in [1.29, 1.82) is 0 Å². The number of aromatic hydroxyl groups is 1. The van der Waals surface area contributed by atoms with Gasteiger partial charge in [0.05, 0.1) is 6.20 Å². The maximum Gasteiger partial charge on any atom is 0.251 e. The Bertz CT molecular complexity index is 753. The lowest BCUT2D eigenvalue weighted by atomic mass is 9.83. The molecule has 2 atom stereocenters. The molecule has 21 heavy (non-hydrogen) atoms. The van der Waals surface area contributed by atoms with E-state index in [1.54, 1.807) is 18.3 Å². The summed E-state index contributed by atoms with van der Waals surface area (Å²) in [5, 5.41) is 13.0. The van der Waals surface area contributed by atoms with E-state index in [1.807, 2.05) is 4.57 Å². The van der Waals surface area contributed by atoms with E-state index in [0.717, 1.165) is 42.9 Å². The number of piperidine rings is 1. The molecule has 2 aliphatic rings. The highest BCUT2D eigenvalue weighted by Crippen LogP contribution is 2.33. The molecule has 2 N–H and O–H groups in total. The maximum absolute atomic E-state index is 12.4. The molecule has 1 fully saturated rings. The SMILES string of the molecule is O=c1cc(-c2cncc(O)c2)cc2n1C[C@@H]1CNC[C@H]2C1. The van der Waals surface area contributed by atoms with Crippen LogP contribution in [0.3, 0.4) is 0 Å². The van der Waals surface area contributed by atoms with Gasteiger partial charge in [-0.1, -0.05) is 0 Å². The van der Waals surface area contributed by atoms with Crippen molar-refractivity contribution < 1.29 is 5.11 Å². The van der Waals surface area contributed by atoms with Crippen LogP contribution in [-0.4, -0.2) is 27.7 Å². The van der Waals surface area contributed by atoms with Crippen molar-refractivity contribution in [3.8, 4) is 16.9 Å². The van der Waals surface area contributed by atoms with Gasteiger partial charge in [0.2, 0.25) is 0 Å². The Hall–Kier alpha value is -2.14. The van der Waals surface area contributed by atoms with Crippen molar-refractivity contribution in [2.75, 3.05) is 13.1 Å². The van der Waals surface area contributed by atoms with Gasteiger partial charge in [-0.25, -0.2) is 0 Å². The molecule has 0 saturated carbocycles. The van der Waals surface area contributed by atoms with Gasteiger partial charge in [0.15, 0.2) is 0 Å². The summed E-state index contributed by atoms with van der Waals surface area (Å²) in [4.78, 5) is 16.4. The minimum atomic E-state index is 0.0439. The van der Waals surface area contributed by atoms with Crippen LogP contribution in [0.15, 0.2) is 35.4 Å². The zero-order valence-corrected chi connectivity index (χ0v) is 11.6. The van der Waals surface area contributed by atoms with Crippen molar-refractivity contribution in [3.05, 3.63) is 46.6 Å². The molecule has 0 aromatic carbocycles. The standard InChI is InChI=1S/C16H17N3O2/c20-14-2-12(6-18-8-14)11-3-15-13-1-10(5-17-7-13)9-19(15)16(21)4-11/h2-4,6,8,10,13,17,20H,1,5,7,9H2/t10-,13+/m0/s1. The Labute approximate surface area is 122 Å². The molecule has 1 saturated heterocycles. The van der Waals surface area contributed by atoms with Gasteiger partial charge in [0.25, 0.3) is 5.56 Å². The van der Waals surface area contributed by atoms with Gasteiger partial charge >= 0.3 is 0 Å². The number of aromatic nitrogens is 2. The van der Waals surface area contributed by atoms with Gasteiger partial charge in [-0.15, -0.1) is 0 Å². The summed E-state index contributed by atoms with van der Waals surface area (Å²) in [6.45, 7) is 2.73. The van der Waals surface area contributed by atoms with Crippen LogP contribution in [-0.2, 0) is 6.54 Å². The molecule has 0 radical (unpaired) electrons. The fraction of sp³-hybridized carbons (Fsp3) is 0.375. The van der Waals surface area contributed by atoms with Gasteiger partial charge in [-0.3, -0.25) is 9.78 Å². The predicted octanol–water partition coefficient (Wildman–Crippen LogP) is 1.32. The molecule has 0 aliphatic carbocycles. The van der Waals surface area contributed by atoms with Crippen molar-refractivity contribution in [2.24, 2.45) is 5.92 Å². The molecule has 5 nitrogen and oxygen atoms in total.